The number of hydrogen-bond donors (Lipinski definition) is 0. The van der Waals surface area contributed by atoms with Crippen LogP contribution in [0, 0.1) is 10.8 Å². The Morgan fingerprint density at radius 2 is 1.70 bits per heavy atom. The summed E-state index contributed by atoms with van der Waals surface area (Å²) in [6.07, 6.45) is 7.51. The normalized spacial score (nSPS) is 26.4. The zero-order valence-corrected chi connectivity index (χ0v) is 13.9. The highest BCUT2D eigenvalue weighted by molar-refractivity contribution is 6.08. The Morgan fingerprint density at radius 3 is 2.35 bits per heavy atom. The van der Waals surface area contributed by atoms with Gasteiger partial charge in [0, 0.05) is 0 Å². The summed E-state index contributed by atoms with van der Waals surface area (Å²) in [7, 11) is 0. The lowest BCUT2D eigenvalue weighted by Crippen LogP contribution is -2.58. The molecule has 1 aliphatic heterocycles. The SMILES string of the molecule is CC1(C)C(=O)C2(CCCCC2)C(=O)O[C@@H]1C=Cc1ccccc1. The number of hydrogen-bond acceptors (Lipinski definition) is 3. The van der Waals surface area contributed by atoms with E-state index in [1.54, 1.807) is 0 Å². The van der Waals surface area contributed by atoms with E-state index in [0.29, 0.717) is 12.8 Å². The quantitative estimate of drug-likeness (QED) is 0.608. The molecule has 1 spiro atoms. The van der Waals surface area contributed by atoms with Crippen LogP contribution >= 0.6 is 0 Å². The third kappa shape index (κ3) is 2.73. The Bertz CT molecular complexity index is 622. The molecular formula is C20H24O3. The highest BCUT2D eigenvalue weighted by Gasteiger charge is 2.59. The van der Waals surface area contributed by atoms with Crippen molar-refractivity contribution < 1.29 is 14.3 Å². The molecule has 2 fully saturated rings. The van der Waals surface area contributed by atoms with Gasteiger partial charge in [0.15, 0.2) is 5.78 Å². The molecule has 0 radical (unpaired) electrons. The van der Waals surface area contributed by atoms with E-state index >= 15 is 0 Å². The summed E-state index contributed by atoms with van der Waals surface area (Å²) >= 11 is 0. The minimum absolute atomic E-state index is 0.0589. The number of carbonyl (C=O) groups is 2. The largest absolute Gasteiger partial charge is 0.456 e. The summed E-state index contributed by atoms with van der Waals surface area (Å²) in [4.78, 5) is 25.7. The molecule has 0 bridgehead atoms. The van der Waals surface area contributed by atoms with Crippen molar-refractivity contribution in [1.82, 2.24) is 0 Å². The van der Waals surface area contributed by atoms with Crippen LogP contribution < -0.4 is 0 Å². The molecule has 122 valence electrons. The average molecular weight is 312 g/mol. The van der Waals surface area contributed by atoms with Crippen LogP contribution in [0.15, 0.2) is 36.4 Å². The van der Waals surface area contributed by atoms with Gasteiger partial charge >= 0.3 is 5.97 Å². The molecule has 1 saturated heterocycles. The van der Waals surface area contributed by atoms with Gasteiger partial charge in [-0.2, -0.15) is 0 Å². The Labute approximate surface area is 137 Å². The van der Waals surface area contributed by atoms with Crippen molar-refractivity contribution in [2.75, 3.05) is 0 Å². The van der Waals surface area contributed by atoms with Gasteiger partial charge in [0.25, 0.3) is 0 Å². The molecule has 23 heavy (non-hydrogen) atoms. The molecule has 1 aliphatic carbocycles. The van der Waals surface area contributed by atoms with Gasteiger partial charge in [0.1, 0.15) is 11.5 Å². The van der Waals surface area contributed by atoms with Crippen molar-refractivity contribution in [3.8, 4) is 0 Å². The summed E-state index contributed by atoms with van der Waals surface area (Å²) in [6.45, 7) is 3.80. The second kappa shape index (κ2) is 5.95. The summed E-state index contributed by atoms with van der Waals surface area (Å²) < 4.78 is 5.74. The molecule has 1 saturated carbocycles. The highest BCUT2D eigenvalue weighted by Crippen LogP contribution is 2.48. The summed E-state index contributed by atoms with van der Waals surface area (Å²) in [5, 5.41) is 0. The second-order valence-corrected chi connectivity index (χ2v) is 7.29. The van der Waals surface area contributed by atoms with Gasteiger partial charge in [-0.25, -0.2) is 0 Å². The first-order chi connectivity index (χ1) is 11.0. The monoisotopic (exact) mass is 312 g/mol. The summed E-state index contributed by atoms with van der Waals surface area (Å²) in [5.41, 5.74) is -0.542. The standard InChI is InChI=1S/C20H24O3/c1-19(2)16(12-11-15-9-5-3-6-10-15)23-18(22)20(17(19)21)13-7-4-8-14-20/h3,5-6,9-12,16H,4,7-8,13-14H2,1-2H3/t16-/m1/s1. The first-order valence-corrected chi connectivity index (χ1v) is 8.46. The molecule has 3 heteroatoms. The summed E-state index contributed by atoms with van der Waals surface area (Å²) in [5.74, 6) is -0.257. The van der Waals surface area contributed by atoms with Crippen molar-refractivity contribution in [3.05, 3.63) is 42.0 Å². The number of benzene rings is 1. The molecular weight excluding hydrogens is 288 g/mol. The fraction of sp³-hybridized carbons (Fsp3) is 0.500. The van der Waals surface area contributed by atoms with Crippen LogP contribution in [0.1, 0.15) is 51.5 Å². The van der Waals surface area contributed by atoms with E-state index in [4.69, 9.17) is 4.74 Å². The lowest BCUT2D eigenvalue weighted by Gasteiger charge is -2.46. The third-order valence-corrected chi connectivity index (χ3v) is 5.33. The van der Waals surface area contributed by atoms with Gasteiger partial charge in [0.05, 0.1) is 5.41 Å². The van der Waals surface area contributed by atoms with E-state index in [1.165, 1.54) is 0 Å². The molecule has 1 heterocycles. The molecule has 0 N–H and O–H groups in total. The lowest BCUT2D eigenvalue weighted by atomic mass is 9.61. The number of esters is 1. The fourth-order valence-electron chi connectivity index (χ4n) is 3.84. The zero-order valence-electron chi connectivity index (χ0n) is 13.9. The maximum absolute atomic E-state index is 13.1. The molecule has 1 aromatic rings. The molecule has 1 aromatic carbocycles. The topological polar surface area (TPSA) is 43.4 Å². The van der Waals surface area contributed by atoms with Crippen molar-refractivity contribution in [2.24, 2.45) is 10.8 Å². The highest BCUT2D eigenvalue weighted by atomic mass is 16.5. The molecule has 2 aliphatic rings. The van der Waals surface area contributed by atoms with E-state index in [-0.39, 0.29) is 11.8 Å². The lowest BCUT2D eigenvalue weighted by molar-refractivity contribution is -0.186. The van der Waals surface area contributed by atoms with Gasteiger partial charge < -0.3 is 4.74 Å². The van der Waals surface area contributed by atoms with Crippen LogP contribution in [0.2, 0.25) is 0 Å². The first-order valence-electron chi connectivity index (χ1n) is 8.46. The average Bonchev–Trinajstić information content (AvgIpc) is 2.58. The Morgan fingerprint density at radius 1 is 1.04 bits per heavy atom. The predicted octanol–water partition coefficient (Wildman–Crippen LogP) is 4.17. The van der Waals surface area contributed by atoms with Crippen molar-refractivity contribution in [1.29, 1.82) is 0 Å². The van der Waals surface area contributed by atoms with E-state index in [0.717, 1.165) is 24.8 Å². The van der Waals surface area contributed by atoms with E-state index in [2.05, 4.69) is 0 Å². The minimum atomic E-state index is -0.890. The van der Waals surface area contributed by atoms with Crippen LogP contribution in [0.25, 0.3) is 6.08 Å². The van der Waals surface area contributed by atoms with Crippen LogP contribution in [0.3, 0.4) is 0 Å². The zero-order chi connectivity index (χ0) is 16.5. The van der Waals surface area contributed by atoms with Crippen molar-refractivity contribution in [3.63, 3.8) is 0 Å². The number of carbonyl (C=O) groups excluding carboxylic acids is 2. The maximum Gasteiger partial charge on any atom is 0.320 e. The Kier molecular flexibility index (Phi) is 4.13. The van der Waals surface area contributed by atoms with E-state index < -0.39 is 16.9 Å². The summed E-state index contributed by atoms with van der Waals surface area (Å²) in [6, 6.07) is 9.84. The van der Waals surface area contributed by atoms with Crippen LogP contribution in [0.5, 0.6) is 0 Å². The molecule has 1 atom stereocenters. The van der Waals surface area contributed by atoms with Gasteiger partial charge in [-0.05, 0) is 38.3 Å². The van der Waals surface area contributed by atoms with Crippen molar-refractivity contribution in [2.45, 2.75) is 52.1 Å². The number of cyclic esters (lactones) is 1. The molecule has 0 amide bonds. The van der Waals surface area contributed by atoms with Crippen molar-refractivity contribution >= 4 is 17.8 Å². The molecule has 0 aromatic heterocycles. The van der Waals surface area contributed by atoms with E-state index in [1.807, 2.05) is 56.3 Å². The van der Waals surface area contributed by atoms with Gasteiger partial charge in [-0.1, -0.05) is 55.7 Å². The fourth-order valence-corrected chi connectivity index (χ4v) is 3.84. The van der Waals surface area contributed by atoms with Crippen LogP contribution in [-0.4, -0.2) is 17.9 Å². The minimum Gasteiger partial charge on any atom is -0.456 e. The third-order valence-electron chi connectivity index (χ3n) is 5.33. The van der Waals surface area contributed by atoms with E-state index in [9.17, 15) is 9.59 Å². The molecule has 3 rings (SSSR count). The number of ether oxygens (including phenoxy) is 1. The maximum atomic E-state index is 13.1. The Balaban J connectivity index is 1.86. The Hall–Kier alpha value is -1.90. The predicted molar refractivity (Wildman–Crippen MR) is 89.7 cm³/mol. The smallest absolute Gasteiger partial charge is 0.320 e. The van der Waals surface area contributed by atoms with Crippen LogP contribution in [0.4, 0.5) is 0 Å². The number of Topliss-reactive ketones (excluding diaryl/α,β-unsaturated/α-hetero) is 1. The number of ketones is 1. The van der Waals surface area contributed by atoms with Crippen LogP contribution in [-0.2, 0) is 14.3 Å². The molecule has 0 unspecified atom stereocenters. The van der Waals surface area contributed by atoms with Gasteiger partial charge in [-0.3, -0.25) is 9.59 Å². The van der Waals surface area contributed by atoms with Gasteiger partial charge in [0.2, 0.25) is 0 Å². The molecule has 3 nitrogen and oxygen atoms in total. The van der Waals surface area contributed by atoms with Gasteiger partial charge in [-0.15, -0.1) is 0 Å². The second-order valence-electron chi connectivity index (χ2n) is 7.29. The number of rotatable bonds is 2. The first kappa shape index (κ1) is 16.0.